The van der Waals surface area contributed by atoms with E-state index in [-0.39, 0.29) is 5.56 Å². The number of aromatic nitrogens is 1. The van der Waals surface area contributed by atoms with Crippen LogP contribution in [-0.4, -0.2) is 4.98 Å². The van der Waals surface area contributed by atoms with E-state index in [1.807, 2.05) is 19.1 Å². The Hall–Kier alpha value is -2.21. The van der Waals surface area contributed by atoms with Gasteiger partial charge in [0.15, 0.2) is 0 Å². The second-order valence-electron chi connectivity index (χ2n) is 3.49. The molecule has 0 unspecified atom stereocenters. The smallest absolute Gasteiger partial charge is 0.141 e. The Labute approximate surface area is 93.0 Å². The van der Waals surface area contributed by atoms with Crippen molar-refractivity contribution in [1.82, 2.24) is 4.98 Å². The summed E-state index contributed by atoms with van der Waals surface area (Å²) in [5.74, 6) is -0.499. The molecule has 0 radical (unpaired) electrons. The average Bonchev–Trinajstić information content (AvgIpc) is 2.30. The maximum absolute atomic E-state index is 13.4. The van der Waals surface area contributed by atoms with Gasteiger partial charge in [-0.25, -0.2) is 4.39 Å². The van der Waals surface area contributed by atoms with Crippen molar-refractivity contribution < 1.29 is 4.39 Å². The van der Waals surface area contributed by atoms with Gasteiger partial charge in [0.1, 0.15) is 11.9 Å². The van der Waals surface area contributed by atoms with E-state index in [1.165, 1.54) is 12.1 Å². The molecule has 0 N–H and O–H groups in total. The van der Waals surface area contributed by atoms with Crippen molar-refractivity contribution in [3.8, 4) is 17.2 Å². The third kappa shape index (κ3) is 1.91. The zero-order valence-electron chi connectivity index (χ0n) is 8.74. The van der Waals surface area contributed by atoms with Gasteiger partial charge in [-0.05, 0) is 30.7 Å². The Morgan fingerprint density at radius 1 is 1.19 bits per heavy atom. The van der Waals surface area contributed by atoms with E-state index >= 15 is 0 Å². The number of aryl methyl sites for hydroxylation is 1. The highest BCUT2D eigenvalue weighted by Crippen LogP contribution is 2.21. The molecule has 0 aliphatic rings. The lowest BCUT2D eigenvalue weighted by atomic mass is 10.1. The molecule has 1 aromatic carbocycles. The molecule has 0 saturated carbocycles. The molecule has 2 rings (SSSR count). The molecule has 0 bridgehead atoms. The molecule has 0 aliphatic heterocycles. The van der Waals surface area contributed by atoms with Gasteiger partial charge < -0.3 is 0 Å². The molecule has 0 aliphatic carbocycles. The predicted octanol–water partition coefficient (Wildman–Crippen LogP) is 3.07. The van der Waals surface area contributed by atoms with Crippen LogP contribution in [0.4, 0.5) is 4.39 Å². The van der Waals surface area contributed by atoms with Gasteiger partial charge in [-0.3, -0.25) is 4.98 Å². The molecule has 0 amide bonds. The first kappa shape index (κ1) is 10.3. The lowest BCUT2D eigenvalue weighted by molar-refractivity contribution is 0.624. The van der Waals surface area contributed by atoms with Crippen LogP contribution in [0.3, 0.4) is 0 Å². The van der Waals surface area contributed by atoms with Crippen molar-refractivity contribution in [3.05, 3.63) is 53.6 Å². The summed E-state index contributed by atoms with van der Waals surface area (Å²) in [6.07, 6.45) is 1.69. The zero-order valence-corrected chi connectivity index (χ0v) is 8.74. The van der Waals surface area contributed by atoms with E-state index in [0.29, 0.717) is 0 Å². The van der Waals surface area contributed by atoms with Crippen LogP contribution in [0, 0.1) is 24.1 Å². The van der Waals surface area contributed by atoms with Crippen molar-refractivity contribution in [3.63, 3.8) is 0 Å². The van der Waals surface area contributed by atoms with Crippen LogP contribution in [0.15, 0.2) is 36.5 Å². The van der Waals surface area contributed by atoms with Gasteiger partial charge in [0.05, 0.1) is 5.56 Å². The van der Waals surface area contributed by atoms with Crippen molar-refractivity contribution in [1.29, 1.82) is 5.26 Å². The molecule has 1 aromatic heterocycles. The second-order valence-corrected chi connectivity index (χ2v) is 3.49. The molecule has 0 fully saturated rings. The molecule has 0 spiro atoms. The molecule has 2 nitrogen and oxygen atoms in total. The Bertz CT molecular complexity index is 553. The van der Waals surface area contributed by atoms with Crippen LogP contribution in [0.25, 0.3) is 11.1 Å². The minimum absolute atomic E-state index is 0.0591. The van der Waals surface area contributed by atoms with Crippen LogP contribution < -0.4 is 0 Å². The second kappa shape index (κ2) is 4.11. The highest BCUT2D eigenvalue weighted by atomic mass is 19.1. The van der Waals surface area contributed by atoms with Crippen LogP contribution in [0.2, 0.25) is 0 Å². The summed E-state index contributed by atoms with van der Waals surface area (Å²) in [6.45, 7) is 1.89. The highest BCUT2D eigenvalue weighted by Gasteiger charge is 2.04. The summed E-state index contributed by atoms with van der Waals surface area (Å²) in [6, 6.07) is 10.1. The number of rotatable bonds is 1. The van der Waals surface area contributed by atoms with Crippen molar-refractivity contribution in [2.45, 2.75) is 6.92 Å². The fraction of sp³-hybridized carbons (Fsp3) is 0.0769. The number of halogens is 1. The minimum Gasteiger partial charge on any atom is -0.261 e. The number of pyridine rings is 1. The third-order valence-electron chi connectivity index (χ3n) is 2.33. The van der Waals surface area contributed by atoms with Gasteiger partial charge in [-0.1, -0.05) is 12.1 Å². The highest BCUT2D eigenvalue weighted by molar-refractivity contribution is 5.63. The molecule has 1 heterocycles. The van der Waals surface area contributed by atoms with Gasteiger partial charge in [-0.15, -0.1) is 0 Å². The largest absolute Gasteiger partial charge is 0.261 e. The summed E-state index contributed by atoms with van der Waals surface area (Å²) in [7, 11) is 0. The molecule has 16 heavy (non-hydrogen) atoms. The third-order valence-corrected chi connectivity index (χ3v) is 2.33. The van der Waals surface area contributed by atoms with Crippen LogP contribution >= 0.6 is 0 Å². The van der Waals surface area contributed by atoms with Crippen LogP contribution in [0.5, 0.6) is 0 Å². The van der Waals surface area contributed by atoms with E-state index in [1.54, 1.807) is 18.3 Å². The predicted molar refractivity (Wildman–Crippen MR) is 59.1 cm³/mol. The van der Waals surface area contributed by atoms with Gasteiger partial charge >= 0.3 is 0 Å². The van der Waals surface area contributed by atoms with Crippen molar-refractivity contribution in [2.75, 3.05) is 0 Å². The Kier molecular flexibility index (Phi) is 2.65. The fourth-order valence-corrected chi connectivity index (χ4v) is 1.42. The fourth-order valence-electron chi connectivity index (χ4n) is 1.42. The molecule has 0 atom stereocenters. The molecule has 78 valence electrons. The lowest BCUT2D eigenvalue weighted by Gasteiger charge is -2.02. The summed E-state index contributed by atoms with van der Waals surface area (Å²) < 4.78 is 13.4. The van der Waals surface area contributed by atoms with Crippen LogP contribution in [-0.2, 0) is 0 Å². The molecular weight excluding hydrogens is 203 g/mol. The van der Waals surface area contributed by atoms with E-state index in [4.69, 9.17) is 5.26 Å². The maximum atomic E-state index is 13.4. The standard InChI is InChI=1S/C13H9FN2/c1-9-2-3-12(8-16-9)10-4-5-11(7-15)13(14)6-10/h2-6,8H,1H3. The van der Waals surface area contributed by atoms with Gasteiger partial charge in [0, 0.05) is 17.5 Å². The Balaban J connectivity index is 2.46. The van der Waals surface area contributed by atoms with E-state index in [2.05, 4.69) is 4.98 Å². The van der Waals surface area contributed by atoms with Gasteiger partial charge in [-0.2, -0.15) is 5.26 Å². The first-order valence-corrected chi connectivity index (χ1v) is 4.83. The maximum Gasteiger partial charge on any atom is 0.141 e. The average molecular weight is 212 g/mol. The lowest BCUT2D eigenvalue weighted by Crippen LogP contribution is -1.87. The minimum atomic E-state index is -0.499. The number of nitriles is 1. The Morgan fingerprint density at radius 2 is 1.94 bits per heavy atom. The Morgan fingerprint density at radius 3 is 2.50 bits per heavy atom. The summed E-state index contributed by atoms with van der Waals surface area (Å²) in [5, 5.41) is 8.61. The molecule has 2 aromatic rings. The molecule has 0 saturated heterocycles. The topological polar surface area (TPSA) is 36.7 Å². The summed E-state index contributed by atoms with van der Waals surface area (Å²) >= 11 is 0. The van der Waals surface area contributed by atoms with E-state index < -0.39 is 5.82 Å². The van der Waals surface area contributed by atoms with Crippen LogP contribution in [0.1, 0.15) is 11.3 Å². The zero-order chi connectivity index (χ0) is 11.5. The number of hydrogen-bond donors (Lipinski definition) is 0. The van der Waals surface area contributed by atoms with Gasteiger partial charge in [0.2, 0.25) is 0 Å². The van der Waals surface area contributed by atoms with Crippen molar-refractivity contribution >= 4 is 0 Å². The number of benzene rings is 1. The SMILES string of the molecule is Cc1ccc(-c2ccc(C#N)c(F)c2)cn1. The van der Waals surface area contributed by atoms with E-state index in [9.17, 15) is 4.39 Å². The van der Waals surface area contributed by atoms with Gasteiger partial charge in [0.25, 0.3) is 0 Å². The quantitative estimate of drug-likeness (QED) is 0.728. The normalized spacial score (nSPS) is 9.81. The first-order chi connectivity index (χ1) is 7.70. The summed E-state index contributed by atoms with van der Waals surface area (Å²) in [5.41, 5.74) is 2.54. The van der Waals surface area contributed by atoms with E-state index in [0.717, 1.165) is 16.8 Å². The molecular formula is C13H9FN2. The number of hydrogen-bond acceptors (Lipinski definition) is 2. The summed E-state index contributed by atoms with van der Waals surface area (Å²) in [4.78, 5) is 4.14. The number of nitrogens with zero attached hydrogens (tertiary/aromatic N) is 2. The van der Waals surface area contributed by atoms with Crippen molar-refractivity contribution in [2.24, 2.45) is 0 Å². The first-order valence-electron chi connectivity index (χ1n) is 4.83. The monoisotopic (exact) mass is 212 g/mol. The molecule has 3 heteroatoms.